The standard InChI is InChI=1S/C11H14N4/c1-2-4-10(15-8-7-12-9-15)11-13-5-3-6-14-11/h3,5-10H,2,4H2,1H3. The Bertz CT molecular complexity index is 382. The number of imidazole rings is 1. The molecule has 0 aromatic carbocycles. The van der Waals surface area contributed by atoms with Gasteiger partial charge >= 0.3 is 0 Å². The predicted molar refractivity (Wildman–Crippen MR) is 57.3 cm³/mol. The molecule has 2 rings (SSSR count). The molecule has 0 spiro atoms. The summed E-state index contributed by atoms with van der Waals surface area (Å²) in [6.07, 6.45) is 11.2. The molecule has 0 aliphatic rings. The lowest BCUT2D eigenvalue weighted by molar-refractivity contribution is 0.505. The molecule has 0 aliphatic carbocycles. The van der Waals surface area contributed by atoms with Gasteiger partial charge in [-0.25, -0.2) is 15.0 Å². The lowest BCUT2D eigenvalue weighted by Gasteiger charge is -2.15. The largest absolute Gasteiger partial charge is 0.327 e. The van der Waals surface area contributed by atoms with Crippen LogP contribution in [0.2, 0.25) is 0 Å². The van der Waals surface area contributed by atoms with Gasteiger partial charge in [0.15, 0.2) is 5.82 Å². The third-order valence-corrected chi connectivity index (χ3v) is 2.33. The van der Waals surface area contributed by atoms with Crippen LogP contribution in [0.3, 0.4) is 0 Å². The van der Waals surface area contributed by atoms with E-state index in [0.29, 0.717) is 0 Å². The maximum Gasteiger partial charge on any atom is 0.150 e. The Kier molecular flexibility index (Phi) is 3.07. The van der Waals surface area contributed by atoms with Crippen LogP contribution in [0.5, 0.6) is 0 Å². The van der Waals surface area contributed by atoms with Crippen LogP contribution < -0.4 is 0 Å². The van der Waals surface area contributed by atoms with Gasteiger partial charge in [0.2, 0.25) is 0 Å². The summed E-state index contributed by atoms with van der Waals surface area (Å²) in [6.45, 7) is 2.16. The SMILES string of the molecule is CCCC(c1ncccn1)n1ccnc1. The van der Waals surface area contributed by atoms with Gasteiger partial charge < -0.3 is 4.57 Å². The van der Waals surface area contributed by atoms with Gasteiger partial charge in [-0.3, -0.25) is 0 Å². The van der Waals surface area contributed by atoms with E-state index < -0.39 is 0 Å². The molecule has 1 atom stereocenters. The quantitative estimate of drug-likeness (QED) is 0.762. The number of nitrogens with zero attached hydrogens (tertiary/aromatic N) is 4. The van der Waals surface area contributed by atoms with E-state index in [2.05, 4.69) is 26.4 Å². The first-order chi connectivity index (χ1) is 7.42. The van der Waals surface area contributed by atoms with E-state index >= 15 is 0 Å². The normalized spacial score (nSPS) is 12.6. The predicted octanol–water partition coefficient (Wildman–Crippen LogP) is 2.06. The van der Waals surface area contributed by atoms with Crippen LogP contribution in [0.15, 0.2) is 37.2 Å². The van der Waals surface area contributed by atoms with Crippen molar-refractivity contribution in [3.05, 3.63) is 43.0 Å². The topological polar surface area (TPSA) is 43.6 Å². The third-order valence-electron chi connectivity index (χ3n) is 2.33. The van der Waals surface area contributed by atoms with Crippen LogP contribution in [0.1, 0.15) is 31.6 Å². The zero-order valence-corrected chi connectivity index (χ0v) is 8.74. The van der Waals surface area contributed by atoms with Crippen LogP contribution in [0.4, 0.5) is 0 Å². The van der Waals surface area contributed by atoms with E-state index in [9.17, 15) is 0 Å². The highest BCUT2D eigenvalue weighted by atomic mass is 15.1. The maximum absolute atomic E-state index is 4.29. The fourth-order valence-corrected chi connectivity index (χ4v) is 1.62. The van der Waals surface area contributed by atoms with Gasteiger partial charge in [-0.2, -0.15) is 0 Å². The van der Waals surface area contributed by atoms with Crippen molar-refractivity contribution in [2.24, 2.45) is 0 Å². The number of hydrogen-bond donors (Lipinski definition) is 0. The molecule has 0 saturated carbocycles. The number of aromatic nitrogens is 4. The molecule has 4 nitrogen and oxygen atoms in total. The molecule has 2 aromatic rings. The first kappa shape index (κ1) is 9.83. The molecule has 78 valence electrons. The third kappa shape index (κ3) is 2.21. The summed E-state index contributed by atoms with van der Waals surface area (Å²) in [5.41, 5.74) is 0. The Morgan fingerprint density at radius 1 is 1.27 bits per heavy atom. The number of hydrogen-bond acceptors (Lipinski definition) is 3. The molecule has 2 heterocycles. The minimum atomic E-state index is 0.207. The average Bonchev–Trinajstić information content (AvgIpc) is 2.80. The molecular weight excluding hydrogens is 188 g/mol. The molecule has 2 aromatic heterocycles. The summed E-state index contributed by atoms with van der Waals surface area (Å²) in [7, 11) is 0. The lowest BCUT2D eigenvalue weighted by Crippen LogP contribution is -2.11. The van der Waals surface area contributed by atoms with E-state index in [-0.39, 0.29) is 6.04 Å². The molecule has 1 unspecified atom stereocenters. The minimum Gasteiger partial charge on any atom is -0.327 e. The molecule has 0 saturated heterocycles. The second-order valence-electron chi connectivity index (χ2n) is 3.42. The van der Waals surface area contributed by atoms with Crippen molar-refractivity contribution < 1.29 is 0 Å². The van der Waals surface area contributed by atoms with Crippen LogP contribution in [0, 0.1) is 0 Å². The molecular formula is C11H14N4. The molecule has 0 amide bonds. The summed E-state index contributed by atoms with van der Waals surface area (Å²) in [4.78, 5) is 12.6. The molecule has 15 heavy (non-hydrogen) atoms. The Balaban J connectivity index is 2.28. The van der Waals surface area contributed by atoms with Crippen LogP contribution in [0.25, 0.3) is 0 Å². The zero-order chi connectivity index (χ0) is 10.5. The highest BCUT2D eigenvalue weighted by molar-refractivity contribution is 4.99. The van der Waals surface area contributed by atoms with Gasteiger partial charge in [0.05, 0.1) is 12.4 Å². The van der Waals surface area contributed by atoms with Gasteiger partial charge in [0.25, 0.3) is 0 Å². The fourth-order valence-electron chi connectivity index (χ4n) is 1.62. The Morgan fingerprint density at radius 2 is 2.07 bits per heavy atom. The Labute approximate surface area is 89.0 Å². The molecule has 0 bridgehead atoms. The zero-order valence-electron chi connectivity index (χ0n) is 8.74. The average molecular weight is 202 g/mol. The smallest absolute Gasteiger partial charge is 0.150 e. The van der Waals surface area contributed by atoms with Crippen molar-refractivity contribution in [3.8, 4) is 0 Å². The van der Waals surface area contributed by atoms with Gasteiger partial charge in [0, 0.05) is 24.8 Å². The second-order valence-corrected chi connectivity index (χ2v) is 3.42. The monoisotopic (exact) mass is 202 g/mol. The summed E-state index contributed by atoms with van der Waals surface area (Å²) in [6, 6.07) is 2.04. The minimum absolute atomic E-state index is 0.207. The highest BCUT2D eigenvalue weighted by Gasteiger charge is 2.14. The molecule has 0 fully saturated rings. The van der Waals surface area contributed by atoms with E-state index in [4.69, 9.17) is 0 Å². The van der Waals surface area contributed by atoms with Gasteiger partial charge in [-0.15, -0.1) is 0 Å². The van der Waals surface area contributed by atoms with E-state index in [1.54, 1.807) is 18.6 Å². The maximum atomic E-state index is 4.29. The van der Waals surface area contributed by atoms with Crippen molar-refractivity contribution >= 4 is 0 Å². The first-order valence-electron chi connectivity index (χ1n) is 5.16. The van der Waals surface area contributed by atoms with Crippen molar-refractivity contribution in [2.45, 2.75) is 25.8 Å². The van der Waals surface area contributed by atoms with Crippen LogP contribution in [-0.2, 0) is 0 Å². The molecule has 0 N–H and O–H groups in total. The second kappa shape index (κ2) is 4.68. The fraction of sp³-hybridized carbons (Fsp3) is 0.364. The van der Waals surface area contributed by atoms with Crippen molar-refractivity contribution in [3.63, 3.8) is 0 Å². The Morgan fingerprint density at radius 3 is 2.67 bits per heavy atom. The van der Waals surface area contributed by atoms with Gasteiger partial charge in [-0.1, -0.05) is 13.3 Å². The summed E-state index contributed by atoms with van der Waals surface area (Å²) in [5.74, 6) is 0.859. The lowest BCUT2D eigenvalue weighted by atomic mass is 10.1. The summed E-state index contributed by atoms with van der Waals surface area (Å²) < 4.78 is 2.05. The van der Waals surface area contributed by atoms with E-state index in [0.717, 1.165) is 18.7 Å². The van der Waals surface area contributed by atoms with E-state index in [1.165, 1.54) is 0 Å². The van der Waals surface area contributed by atoms with Crippen molar-refractivity contribution in [1.82, 2.24) is 19.5 Å². The first-order valence-corrected chi connectivity index (χ1v) is 5.16. The van der Waals surface area contributed by atoms with Gasteiger partial charge in [0.1, 0.15) is 0 Å². The molecule has 0 radical (unpaired) electrons. The van der Waals surface area contributed by atoms with Crippen molar-refractivity contribution in [1.29, 1.82) is 0 Å². The summed E-state index contributed by atoms with van der Waals surface area (Å²) >= 11 is 0. The Hall–Kier alpha value is -1.71. The van der Waals surface area contributed by atoms with E-state index in [1.807, 2.05) is 18.6 Å². The summed E-state index contributed by atoms with van der Waals surface area (Å²) in [5, 5.41) is 0. The van der Waals surface area contributed by atoms with Crippen LogP contribution >= 0.6 is 0 Å². The number of rotatable bonds is 4. The van der Waals surface area contributed by atoms with Crippen LogP contribution in [-0.4, -0.2) is 19.5 Å². The molecule has 4 heteroatoms. The highest BCUT2D eigenvalue weighted by Crippen LogP contribution is 2.18. The van der Waals surface area contributed by atoms with Crippen molar-refractivity contribution in [2.75, 3.05) is 0 Å². The molecule has 0 aliphatic heterocycles. The van der Waals surface area contributed by atoms with Gasteiger partial charge in [-0.05, 0) is 12.5 Å².